The Morgan fingerprint density at radius 3 is 2.19 bits per heavy atom. The molecule has 1 aliphatic heterocycles. The number of aryl methyl sites for hydroxylation is 1. The van der Waals surface area contributed by atoms with Crippen LogP contribution in [0.2, 0.25) is 0 Å². The lowest BCUT2D eigenvalue weighted by Gasteiger charge is -2.30. The molecule has 5 heteroatoms. The molecule has 0 radical (unpaired) electrons. The Hall–Kier alpha value is -2.69. The average molecular weight is 370 g/mol. The maximum absolute atomic E-state index is 12.4. The first-order valence-electron chi connectivity index (χ1n) is 9.05. The minimum absolute atomic E-state index is 0.131. The Morgan fingerprint density at radius 1 is 1.04 bits per heavy atom. The molecule has 2 aromatic carbocycles. The van der Waals surface area contributed by atoms with E-state index in [2.05, 4.69) is 19.9 Å². The molecule has 0 N–H and O–H groups in total. The van der Waals surface area contributed by atoms with E-state index >= 15 is 0 Å². The van der Waals surface area contributed by atoms with Crippen LogP contribution in [-0.2, 0) is 4.79 Å². The molecule has 0 saturated heterocycles. The summed E-state index contributed by atoms with van der Waals surface area (Å²) in [7, 11) is 4.75. The van der Waals surface area contributed by atoms with Gasteiger partial charge in [0, 0.05) is 11.5 Å². The molecule has 1 aliphatic rings. The van der Waals surface area contributed by atoms with Crippen LogP contribution in [0.25, 0.3) is 0 Å². The smallest absolute Gasteiger partial charge is 0.312 e. The van der Waals surface area contributed by atoms with Crippen molar-refractivity contribution in [2.45, 2.75) is 39.0 Å². The Bertz CT molecular complexity index is 844. The third-order valence-corrected chi connectivity index (χ3v) is 5.09. The average Bonchev–Trinajstić information content (AvgIpc) is 2.65. The maximum atomic E-state index is 12.4. The first-order chi connectivity index (χ1) is 12.9. The molecule has 0 saturated carbocycles. The van der Waals surface area contributed by atoms with Crippen molar-refractivity contribution >= 4 is 5.97 Å². The van der Waals surface area contributed by atoms with Crippen molar-refractivity contribution in [3.8, 4) is 23.0 Å². The highest BCUT2D eigenvalue weighted by atomic mass is 16.5. The van der Waals surface area contributed by atoms with E-state index in [4.69, 9.17) is 18.9 Å². The zero-order valence-corrected chi connectivity index (χ0v) is 16.7. The fourth-order valence-electron chi connectivity index (χ4n) is 3.73. The highest BCUT2D eigenvalue weighted by molar-refractivity contribution is 5.79. The van der Waals surface area contributed by atoms with Crippen LogP contribution in [0.1, 0.15) is 54.4 Å². The number of methoxy groups -OCH3 is 3. The van der Waals surface area contributed by atoms with Crippen molar-refractivity contribution in [3.63, 3.8) is 0 Å². The quantitative estimate of drug-likeness (QED) is 0.569. The molecule has 2 aromatic rings. The van der Waals surface area contributed by atoms with Crippen molar-refractivity contribution in [1.82, 2.24) is 0 Å². The number of carbonyl (C=O) groups excluding carboxylic acids is 1. The summed E-state index contributed by atoms with van der Waals surface area (Å²) >= 11 is 0. The molecule has 1 atom stereocenters. The minimum atomic E-state index is -0.228. The topological polar surface area (TPSA) is 54.0 Å². The molecule has 0 unspecified atom stereocenters. The highest BCUT2D eigenvalue weighted by Crippen LogP contribution is 2.48. The predicted molar refractivity (Wildman–Crippen MR) is 103 cm³/mol. The van der Waals surface area contributed by atoms with E-state index in [1.807, 2.05) is 25.1 Å². The second kappa shape index (κ2) is 7.51. The third-order valence-electron chi connectivity index (χ3n) is 5.09. The lowest BCUT2D eigenvalue weighted by atomic mass is 9.81. The van der Waals surface area contributed by atoms with Gasteiger partial charge < -0.3 is 18.9 Å². The van der Waals surface area contributed by atoms with Gasteiger partial charge in [-0.2, -0.15) is 0 Å². The predicted octanol–water partition coefficient (Wildman–Crippen LogP) is 4.59. The fourth-order valence-corrected chi connectivity index (χ4v) is 3.73. The number of ether oxygens (including phenoxy) is 4. The van der Waals surface area contributed by atoms with Gasteiger partial charge in [0.05, 0.1) is 27.8 Å². The summed E-state index contributed by atoms with van der Waals surface area (Å²) in [4.78, 5) is 12.4. The van der Waals surface area contributed by atoms with Gasteiger partial charge in [-0.15, -0.1) is 0 Å². The molecule has 1 heterocycles. The van der Waals surface area contributed by atoms with Crippen LogP contribution in [0.15, 0.2) is 24.3 Å². The second-order valence-corrected chi connectivity index (χ2v) is 7.06. The van der Waals surface area contributed by atoms with Gasteiger partial charge in [-0.3, -0.25) is 4.79 Å². The largest absolute Gasteiger partial charge is 0.493 e. The summed E-state index contributed by atoms with van der Waals surface area (Å²) in [5.41, 5.74) is 4.13. The van der Waals surface area contributed by atoms with E-state index < -0.39 is 0 Å². The summed E-state index contributed by atoms with van der Waals surface area (Å²) in [5.74, 6) is 2.28. The van der Waals surface area contributed by atoms with Crippen LogP contribution in [0.3, 0.4) is 0 Å². The Labute approximate surface area is 160 Å². The molecule has 0 bridgehead atoms. The lowest BCUT2D eigenvalue weighted by molar-refractivity contribution is -0.135. The van der Waals surface area contributed by atoms with E-state index in [-0.39, 0.29) is 24.2 Å². The van der Waals surface area contributed by atoms with Crippen LogP contribution in [0.4, 0.5) is 0 Å². The number of hydrogen-bond donors (Lipinski definition) is 0. The Kier molecular flexibility index (Phi) is 5.31. The summed E-state index contributed by atoms with van der Waals surface area (Å²) in [6, 6.07) is 7.97. The molecule has 0 amide bonds. The van der Waals surface area contributed by atoms with Gasteiger partial charge >= 0.3 is 5.97 Å². The molecular weight excluding hydrogens is 344 g/mol. The Morgan fingerprint density at radius 2 is 1.67 bits per heavy atom. The number of carbonyl (C=O) groups is 1. The zero-order valence-electron chi connectivity index (χ0n) is 16.7. The highest BCUT2D eigenvalue weighted by Gasteiger charge is 2.33. The van der Waals surface area contributed by atoms with E-state index in [9.17, 15) is 4.79 Å². The molecule has 27 heavy (non-hydrogen) atoms. The maximum Gasteiger partial charge on any atom is 0.312 e. The molecule has 0 aliphatic carbocycles. The van der Waals surface area contributed by atoms with Crippen LogP contribution >= 0.6 is 0 Å². The molecule has 0 spiro atoms. The second-order valence-electron chi connectivity index (χ2n) is 7.06. The van der Waals surface area contributed by atoms with Crippen LogP contribution < -0.4 is 18.9 Å². The summed E-state index contributed by atoms with van der Waals surface area (Å²) < 4.78 is 22.1. The van der Waals surface area contributed by atoms with Gasteiger partial charge in [-0.25, -0.2) is 0 Å². The van der Waals surface area contributed by atoms with E-state index in [0.717, 1.165) is 22.3 Å². The summed E-state index contributed by atoms with van der Waals surface area (Å²) in [6.07, 6.45) is 0.272. The Balaban J connectivity index is 2.23. The van der Waals surface area contributed by atoms with Crippen molar-refractivity contribution < 1.29 is 23.7 Å². The number of hydrogen-bond acceptors (Lipinski definition) is 5. The third kappa shape index (κ3) is 3.34. The van der Waals surface area contributed by atoms with Crippen molar-refractivity contribution in [2.75, 3.05) is 21.3 Å². The standard InChI is InChI=1S/C22H26O5/c1-12(2)15-8-7-13(3)20-16(11-19(23)27-21(15)20)14-9-17(24-4)22(26-6)18(10-14)25-5/h7-10,12,16H,11H2,1-6H3/t16-/m1/s1. The first-order valence-corrected chi connectivity index (χ1v) is 9.05. The van der Waals surface area contributed by atoms with Gasteiger partial charge in [0.2, 0.25) is 5.75 Å². The summed E-state index contributed by atoms with van der Waals surface area (Å²) in [6.45, 7) is 6.25. The number of rotatable bonds is 5. The monoisotopic (exact) mass is 370 g/mol. The van der Waals surface area contributed by atoms with Crippen LogP contribution in [-0.4, -0.2) is 27.3 Å². The van der Waals surface area contributed by atoms with Gasteiger partial charge in [0.1, 0.15) is 5.75 Å². The van der Waals surface area contributed by atoms with E-state index in [1.54, 1.807) is 21.3 Å². The zero-order chi connectivity index (χ0) is 19.7. The van der Waals surface area contributed by atoms with Gasteiger partial charge in [0.15, 0.2) is 11.5 Å². The van der Waals surface area contributed by atoms with Gasteiger partial charge in [-0.1, -0.05) is 26.0 Å². The minimum Gasteiger partial charge on any atom is -0.493 e. The van der Waals surface area contributed by atoms with Gasteiger partial charge in [0.25, 0.3) is 0 Å². The molecule has 144 valence electrons. The van der Waals surface area contributed by atoms with Crippen LogP contribution in [0, 0.1) is 6.92 Å². The first kappa shape index (κ1) is 19.1. The molecule has 0 aromatic heterocycles. The molecule has 0 fully saturated rings. The van der Waals surface area contributed by atoms with E-state index in [0.29, 0.717) is 23.0 Å². The molecule has 5 nitrogen and oxygen atoms in total. The van der Waals surface area contributed by atoms with Crippen molar-refractivity contribution in [3.05, 3.63) is 46.5 Å². The molecular formula is C22H26O5. The molecule has 3 rings (SSSR count). The lowest BCUT2D eigenvalue weighted by Crippen LogP contribution is -2.23. The fraction of sp³-hybridized carbons (Fsp3) is 0.409. The number of fused-ring (bicyclic) bond motifs is 1. The van der Waals surface area contributed by atoms with E-state index in [1.165, 1.54) is 0 Å². The normalized spacial score (nSPS) is 16.0. The van der Waals surface area contributed by atoms with Gasteiger partial charge in [-0.05, 0) is 41.7 Å². The number of benzene rings is 2. The number of esters is 1. The van der Waals surface area contributed by atoms with Crippen molar-refractivity contribution in [1.29, 1.82) is 0 Å². The van der Waals surface area contributed by atoms with Crippen molar-refractivity contribution in [2.24, 2.45) is 0 Å². The summed E-state index contributed by atoms with van der Waals surface area (Å²) in [5, 5.41) is 0. The van der Waals surface area contributed by atoms with Crippen LogP contribution in [0.5, 0.6) is 23.0 Å². The SMILES string of the molecule is COc1cc([C@H]2CC(=O)Oc3c(C(C)C)ccc(C)c32)cc(OC)c1OC.